The van der Waals surface area contributed by atoms with Crippen molar-refractivity contribution >= 4 is 11.6 Å². The second kappa shape index (κ2) is 6.04. The van der Waals surface area contributed by atoms with Gasteiger partial charge in [0, 0.05) is 11.5 Å². The molecule has 1 saturated carbocycles. The molecule has 3 rings (SSSR count). The molecule has 1 amide bonds. The van der Waals surface area contributed by atoms with Crippen LogP contribution in [0.4, 0.5) is 5.69 Å². The van der Waals surface area contributed by atoms with Crippen molar-refractivity contribution in [3.05, 3.63) is 42.2 Å². The lowest BCUT2D eigenvalue weighted by molar-refractivity contribution is -0.119. The minimum Gasteiger partial charge on any atom is -0.323 e. The van der Waals surface area contributed by atoms with Gasteiger partial charge >= 0.3 is 0 Å². The van der Waals surface area contributed by atoms with E-state index in [0.717, 1.165) is 31.2 Å². The summed E-state index contributed by atoms with van der Waals surface area (Å²) in [6.45, 7) is 2.05. The first kappa shape index (κ1) is 13.7. The van der Waals surface area contributed by atoms with Gasteiger partial charge in [0.1, 0.15) is 0 Å². The highest BCUT2D eigenvalue weighted by Gasteiger charge is 2.22. The molecule has 4 nitrogen and oxygen atoms in total. The standard InChI is InChI=1S/C17H19N3O/c1-12-6-8-13(9-7-12)16-18-10-15(11-19-16)20-17(21)14-4-2-3-5-14/h6-11,14H,2-5H2,1H3,(H,20,21). The zero-order chi connectivity index (χ0) is 14.7. The largest absolute Gasteiger partial charge is 0.323 e. The molecule has 1 aromatic heterocycles. The predicted molar refractivity (Wildman–Crippen MR) is 82.8 cm³/mol. The number of amides is 1. The van der Waals surface area contributed by atoms with Crippen molar-refractivity contribution in [3.63, 3.8) is 0 Å². The maximum Gasteiger partial charge on any atom is 0.227 e. The van der Waals surface area contributed by atoms with Gasteiger partial charge < -0.3 is 5.32 Å². The van der Waals surface area contributed by atoms with Crippen LogP contribution in [0.1, 0.15) is 31.2 Å². The minimum atomic E-state index is 0.0965. The molecule has 0 unspecified atom stereocenters. The van der Waals surface area contributed by atoms with Gasteiger partial charge in [0.2, 0.25) is 5.91 Å². The van der Waals surface area contributed by atoms with Gasteiger partial charge in [-0.05, 0) is 19.8 Å². The number of nitrogens with zero attached hydrogens (tertiary/aromatic N) is 2. The van der Waals surface area contributed by atoms with Gasteiger partial charge in [-0.2, -0.15) is 0 Å². The highest BCUT2D eigenvalue weighted by molar-refractivity contribution is 5.92. The Morgan fingerprint density at radius 1 is 1.10 bits per heavy atom. The highest BCUT2D eigenvalue weighted by Crippen LogP contribution is 2.26. The number of carbonyl (C=O) groups excluding carboxylic acids is 1. The van der Waals surface area contributed by atoms with Crippen LogP contribution in [0.3, 0.4) is 0 Å². The average Bonchev–Trinajstić information content (AvgIpc) is 3.03. The van der Waals surface area contributed by atoms with Gasteiger partial charge in [0.15, 0.2) is 5.82 Å². The summed E-state index contributed by atoms with van der Waals surface area (Å²) >= 11 is 0. The van der Waals surface area contributed by atoms with Crippen LogP contribution >= 0.6 is 0 Å². The number of hydrogen-bond donors (Lipinski definition) is 1. The number of nitrogens with one attached hydrogen (secondary N) is 1. The monoisotopic (exact) mass is 281 g/mol. The molecule has 2 aromatic rings. The summed E-state index contributed by atoms with van der Waals surface area (Å²) in [6.07, 6.45) is 7.65. The zero-order valence-electron chi connectivity index (χ0n) is 12.2. The Labute approximate surface area is 124 Å². The molecule has 1 N–H and O–H groups in total. The van der Waals surface area contributed by atoms with E-state index in [2.05, 4.69) is 15.3 Å². The summed E-state index contributed by atoms with van der Waals surface area (Å²) in [7, 11) is 0. The molecule has 1 aliphatic carbocycles. The Bertz CT molecular complexity index is 613. The minimum absolute atomic E-state index is 0.0965. The molecule has 1 heterocycles. The number of anilines is 1. The molecule has 0 atom stereocenters. The van der Waals surface area contributed by atoms with E-state index in [1.165, 1.54) is 5.56 Å². The van der Waals surface area contributed by atoms with E-state index in [9.17, 15) is 4.79 Å². The van der Waals surface area contributed by atoms with Crippen molar-refractivity contribution in [2.45, 2.75) is 32.6 Å². The summed E-state index contributed by atoms with van der Waals surface area (Å²) in [5.41, 5.74) is 2.86. The second-order valence-corrected chi connectivity index (χ2v) is 5.63. The van der Waals surface area contributed by atoms with Gasteiger partial charge in [0.25, 0.3) is 0 Å². The van der Waals surface area contributed by atoms with Crippen LogP contribution in [-0.4, -0.2) is 15.9 Å². The number of rotatable bonds is 3. The van der Waals surface area contributed by atoms with Crippen LogP contribution in [0, 0.1) is 12.8 Å². The van der Waals surface area contributed by atoms with Crippen LogP contribution in [0.25, 0.3) is 11.4 Å². The van der Waals surface area contributed by atoms with Crippen molar-refractivity contribution in [2.24, 2.45) is 5.92 Å². The molecular weight excluding hydrogens is 262 g/mol. The number of carbonyl (C=O) groups is 1. The average molecular weight is 281 g/mol. The van der Waals surface area contributed by atoms with Gasteiger partial charge in [-0.25, -0.2) is 9.97 Å². The van der Waals surface area contributed by atoms with Crippen LogP contribution < -0.4 is 5.32 Å². The topological polar surface area (TPSA) is 54.9 Å². The molecule has 0 radical (unpaired) electrons. The molecule has 0 bridgehead atoms. The van der Waals surface area contributed by atoms with E-state index in [1.807, 2.05) is 31.2 Å². The first-order valence-corrected chi connectivity index (χ1v) is 7.42. The molecule has 1 aromatic carbocycles. The Kier molecular flexibility index (Phi) is 3.95. The molecule has 0 spiro atoms. The van der Waals surface area contributed by atoms with Crippen molar-refractivity contribution in [2.75, 3.05) is 5.32 Å². The third-order valence-electron chi connectivity index (χ3n) is 3.96. The summed E-state index contributed by atoms with van der Waals surface area (Å²) < 4.78 is 0. The first-order valence-electron chi connectivity index (χ1n) is 7.42. The molecular formula is C17H19N3O. The fourth-order valence-corrected chi connectivity index (χ4v) is 2.68. The first-order chi connectivity index (χ1) is 10.2. The normalized spacial score (nSPS) is 15.1. The Morgan fingerprint density at radius 3 is 2.33 bits per heavy atom. The molecule has 108 valence electrons. The number of hydrogen-bond acceptors (Lipinski definition) is 3. The lowest BCUT2D eigenvalue weighted by atomic mass is 10.1. The van der Waals surface area contributed by atoms with Crippen molar-refractivity contribution in [1.82, 2.24) is 9.97 Å². The second-order valence-electron chi connectivity index (χ2n) is 5.63. The molecule has 1 aliphatic rings. The van der Waals surface area contributed by atoms with E-state index < -0.39 is 0 Å². The van der Waals surface area contributed by atoms with Crippen LogP contribution in [0.15, 0.2) is 36.7 Å². The van der Waals surface area contributed by atoms with Crippen molar-refractivity contribution < 1.29 is 4.79 Å². The highest BCUT2D eigenvalue weighted by atomic mass is 16.1. The SMILES string of the molecule is Cc1ccc(-c2ncc(NC(=O)C3CCCC3)cn2)cc1. The van der Waals surface area contributed by atoms with Gasteiger partial charge in [-0.15, -0.1) is 0 Å². The third-order valence-corrected chi connectivity index (χ3v) is 3.96. The van der Waals surface area contributed by atoms with Crippen LogP contribution in [-0.2, 0) is 4.79 Å². The fourth-order valence-electron chi connectivity index (χ4n) is 2.68. The fraction of sp³-hybridized carbons (Fsp3) is 0.353. The van der Waals surface area contributed by atoms with Crippen LogP contribution in [0.2, 0.25) is 0 Å². The summed E-state index contributed by atoms with van der Waals surface area (Å²) in [5, 5.41) is 2.91. The summed E-state index contributed by atoms with van der Waals surface area (Å²) in [4.78, 5) is 20.7. The van der Waals surface area contributed by atoms with Crippen molar-refractivity contribution in [1.29, 1.82) is 0 Å². The summed E-state index contributed by atoms with van der Waals surface area (Å²) in [6, 6.07) is 8.08. The van der Waals surface area contributed by atoms with E-state index >= 15 is 0 Å². The van der Waals surface area contributed by atoms with E-state index in [-0.39, 0.29) is 11.8 Å². The van der Waals surface area contributed by atoms with E-state index in [0.29, 0.717) is 11.5 Å². The van der Waals surface area contributed by atoms with E-state index in [1.54, 1.807) is 12.4 Å². The smallest absolute Gasteiger partial charge is 0.227 e. The Morgan fingerprint density at radius 2 is 1.71 bits per heavy atom. The van der Waals surface area contributed by atoms with Crippen LogP contribution in [0.5, 0.6) is 0 Å². The maximum absolute atomic E-state index is 12.0. The van der Waals surface area contributed by atoms with Gasteiger partial charge in [0.05, 0.1) is 18.1 Å². The quantitative estimate of drug-likeness (QED) is 0.935. The predicted octanol–water partition coefficient (Wildman–Crippen LogP) is 3.58. The maximum atomic E-state index is 12.0. The lowest BCUT2D eigenvalue weighted by Gasteiger charge is -2.10. The molecule has 0 saturated heterocycles. The zero-order valence-corrected chi connectivity index (χ0v) is 12.2. The number of aryl methyl sites for hydroxylation is 1. The molecule has 0 aliphatic heterocycles. The Hall–Kier alpha value is -2.23. The molecule has 4 heteroatoms. The molecule has 1 fully saturated rings. The summed E-state index contributed by atoms with van der Waals surface area (Å²) in [5.74, 6) is 0.926. The molecule has 21 heavy (non-hydrogen) atoms. The van der Waals surface area contributed by atoms with Gasteiger partial charge in [-0.1, -0.05) is 42.7 Å². The van der Waals surface area contributed by atoms with Crippen molar-refractivity contribution in [3.8, 4) is 11.4 Å². The Balaban J connectivity index is 1.69. The van der Waals surface area contributed by atoms with Gasteiger partial charge in [-0.3, -0.25) is 4.79 Å². The number of aromatic nitrogens is 2. The lowest BCUT2D eigenvalue weighted by Crippen LogP contribution is -2.20. The van der Waals surface area contributed by atoms with E-state index in [4.69, 9.17) is 0 Å². The number of benzene rings is 1. The third kappa shape index (κ3) is 3.27.